The van der Waals surface area contributed by atoms with E-state index in [4.69, 9.17) is 5.11 Å². The van der Waals surface area contributed by atoms with Gasteiger partial charge in [-0.25, -0.2) is 13.4 Å². The molecule has 1 aliphatic heterocycles. The van der Waals surface area contributed by atoms with Gasteiger partial charge in [-0.05, 0) is 42.2 Å². The number of sulfonamides is 1. The van der Waals surface area contributed by atoms with E-state index in [1.165, 1.54) is 0 Å². The smallest absolute Gasteiger partial charge is 0.229 e. The number of carbonyl (C=O) groups excluding carboxylic acids is 1. The van der Waals surface area contributed by atoms with Crippen molar-refractivity contribution in [1.82, 2.24) is 10.3 Å². The fraction of sp³-hybridized carbons (Fsp3) is 0.368. The monoisotopic (exact) mass is 404 g/mol. The highest BCUT2D eigenvalue weighted by Gasteiger charge is 2.26. The Hall–Kier alpha value is -2.65. The third-order valence-corrected chi connectivity index (χ3v) is 5.04. The lowest BCUT2D eigenvalue weighted by atomic mass is 9.98. The minimum atomic E-state index is -3.31. The lowest BCUT2D eigenvalue weighted by molar-refractivity contribution is -0.121. The molecule has 28 heavy (non-hydrogen) atoms. The van der Waals surface area contributed by atoms with Crippen LogP contribution in [0.25, 0.3) is 11.1 Å². The van der Waals surface area contributed by atoms with Gasteiger partial charge in [-0.15, -0.1) is 0 Å². The lowest BCUT2D eigenvalue weighted by Crippen LogP contribution is -2.31. The maximum atomic E-state index is 12.0. The Morgan fingerprint density at radius 1 is 1.29 bits per heavy atom. The largest absolute Gasteiger partial charge is 0.396 e. The quantitative estimate of drug-likeness (QED) is 0.493. The van der Waals surface area contributed by atoms with E-state index in [1.807, 2.05) is 18.2 Å². The number of aromatic nitrogens is 1. The van der Waals surface area contributed by atoms with Crippen LogP contribution in [0.2, 0.25) is 0 Å². The zero-order valence-electron chi connectivity index (χ0n) is 15.6. The molecule has 1 aromatic heterocycles. The number of hydrogen-bond acceptors (Lipinski definition) is 6. The van der Waals surface area contributed by atoms with Gasteiger partial charge in [0.15, 0.2) is 0 Å². The van der Waals surface area contributed by atoms with Crippen LogP contribution in [0.4, 0.5) is 11.5 Å². The molecule has 0 spiro atoms. The van der Waals surface area contributed by atoms with Crippen molar-refractivity contribution in [2.24, 2.45) is 0 Å². The molecule has 3 rings (SSSR count). The summed E-state index contributed by atoms with van der Waals surface area (Å²) >= 11 is 0. The summed E-state index contributed by atoms with van der Waals surface area (Å²) in [5, 5.41) is 14.9. The molecule has 2 heterocycles. The standard InChI is InChI=1S/C19H24N4O4S/c1-28(26,27)23-14-5-3-13(4-6-14)16-7-9-21-19-17(16)11-15(22-19)12-18(25)20-8-2-10-24/h3-7,9,15,23-24H,2,8,10-12H2,1H3,(H,20,25)(H,21,22). The van der Waals surface area contributed by atoms with Gasteiger partial charge in [0, 0.05) is 43.1 Å². The zero-order valence-corrected chi connectivity index (χ0v) is 16.4. The van der Waals surface area contributed by atoms with Crippen LogP contribution in [0.15, 0.2) is 36.5 Å². The van der Waals surface area contributed by atoms with Crippen molar-refractivity contribution in [2.75, 3.05) is 29.4 Å². The number of aliphatic hydroxyl groups is 1. The van der Waals surface area contributed by atoms with Crippen molar-refractivity contribution < 1.29 is 18.3 Å². The van der Waals surface area contributed by atoms with E-state index in [-0.39, 0.29) is 18.6 Å². The van der Waals surface area contributed by atoms with E-state index in [9.17, 15) is 13.2 Å². The number of rotatable bonds is 8. The maximum absolute atomic E-state index is 12.0. The molecule has 1 unspecified atom stereocenters. The molecule has 1 aromatic carbocycles. The molecular weight excluding hydrogens is 380 g/mol. The van der Waals surface area contributed by atoms with Crippen LogP contribution >= 0.6 is 0 Å². The number of carbonyl (C=O) groups is 1. The first-order valence-corrected chi connectivity index (χ1v) is 10.9. The van der Waals surface area contributed by atoms with Gasteiger partial charge in [0.25, 0.3) is 0 Å². The number of anilines is 2. The van der Waals surface area contributed by atoms with E-state index in [1.54, 1.807) is 18.3 Å². The molecule has 8 nitrogen and oxygen atoms in total. The topological polar surface area (TPSA) is 120 Å². The molecule has 9 heteroatoms. The molecule has 0 radical (unpaired) electrons. The Balaban J connectivity index is 1.71. The SMILES string of the molecule is CS(=O)(=O)Nc1ccc(-c2ccnc3c2CC(CC(=O)NCCCO)N3)cc1. The summed E-state index contributed by atoms with van der Waals surface area (Å²) in [6, 6.07) is 9.04. The number of nitrogens with one attached hydrogen (secondary N) is 3. The van der Waals surface area contributed by atoms with E-state index in [0.29, 0.717) is 31.5 Å². The Labute approximate surface area is 164 Å². The van der Waals surface area contributed by atoms with E-state index >= 15 is 0 Å². The second-order valence-corrected chi connectivity index (χ2v) is 8.56. The first-order chi connectivity index (χ1) is 13.4. The molecular formula is C19H24N4O4S. The van der Waals surface area contributed by atoms with Gasteiger partial charge in [-0.2, -0.15) is 0 Å². The fourth-order valence-electron chi connectivity index (χ4n) is 3.24. The Kier molecular flexibility index (Phi) is 6.15. The first-order valence-electron chi connectivity index (χ1n) is 9.06. The lowest BCUT2D eigenvalue weighted by Gasteiger charge is -2.10. The molecule has 0 fully saturated rings. The van der Waals surface area contributed by atoms with Crippen LogP contribution in [0.5, 0.6) is 0 Å². The summed E-state index contributed by atoms with van der Waals surface area (Å²) in [6.07, 6.45) is 4.38. The van der Waals surface area contributed by atoms with Crippen molar-refractivity contribution in [3.05, 3.63) is 42.1 Å². The van der Waals surface area contributed by atoms with Gasteiger partial charge in [-0.1, -0.05) is 12.1 Å². The Morgan fingerprint density at radius 2 is 2.04 bits per heavy atom. The van der Waals surface area contributed by atoms with Gasteiger partial charge in [0.2, 0.25) is 15.9 Å². The second kappa shape index (κ2) is 8.57. The molecule has 1 aliphatic rings. The van der Waals surface area contributed by atoms with E-state index in [2.05, 4.69) is 20.3 Å². The van der Waals surface area contributed by atoms with Crippen LogP contribution in [0, 0.1) is 0 Å². The molecule has 150 valence electrons. The van der Waals surface area contributed by atoms with Crippen LogP contribution in [-0.4, -0.2) is 49.9 Å². The highest BCUT2D eigenvalue weighted by atomic mass is 32.2. The minimum Gasteiger partial charge on any atom is -0.396 e. The highest BCUT2D eigenvalue weighted by molar-refractivity contribution is 7.92. The highest BCUT2D eigenvalue weighted by Crippen LogP contribution is 2.34. The summed E-state index contributed by atoms with van der Waals surface area (Å²) in [4.78, 5) is 16.4. The molecule has 0 bridgehead atoms. The van der Waals surface area contributed by atoms with Crippen molar-refractivity contribution in [3.63, 3.8) is 0 Å². The van der Waals surface area contributed by atoms with Crippen molar-refractivity contribution in [3.8, 4) is 11.1 Å². The van der Waals surface area contributed by atoms with Gasteiger partial charge in [-0.3, -0.25) is 9.52 Å². The van der Waals surface area contributed by atoms with Crippen molar-refractivity contribution in [2.45, 2.75) is 25.3 Å². The summed E-state index contributed by atoms with van der Waals surface area (Å²) < 4.78 is 25.1. The number of benzene rings is 1. The third-order valence-electron chi connectivity index (χ3n) is 4.44. The average molecular weight is 404 g/mol. The van der Waals surface area contributed by atoms with Crippen molar-refractivity contribution in [1.29, 1.82) is 0 Å². The number of nitrogens with zero attached hydrogens (tertiary/aromatic N) is 1. The molecule has 0 saturated heterocycles. The summed E-state index contributed by atoms with van der Waals surface area (Å²) in [5.74, 6) is 0.709. The first kappa shape index (κ1) is 20.1. The fourth-order valence-corrected chi connectivity index (χ4v) is 3.81. The van der Waals surface area contributed by atoms with Gasteiger partial charge < -0.3 is 15.7 Å². The molecule has 0 saturated carbocycles. The summed E-state index contributed by atoms with van der Waals surface area (Å²) in [7, 11) is -3.31. The normalized spacial score (nSPS) is 15.6. The third kappa shape index (κ3) is 5.20. The summed E-state index contributed by atoms with van der Waals surface area (Å²) in [6.45, 7) is 0.519. The second-order valence-electron chi connectivity index (χ2n) is 6.81. The molecule has 1 atom stereocenters. The molecule has 4 N–H and O–H groups in total. The Bertz CT molecular complexity index is 945. The molecule has 1 amide bonds. The van der Waals surface area contributed by atoms with Crippen LogP contribution in [0.1, 0.15) is 18.4 Å². The van der Waals surface area contributed by atoms with Crippen LogP contribution < -0.4 is 15.4 Å². The predicted molar refractivity (Wildman–Crippen MR) is 109 cm³/mol. The number of amides is 1. The maximum Gasteiger partial charge on any atom is 0.229 e. The number of hydrogen-bond donors (Lipinski definition) is 4. The molecule has 0 aliphatic carbocycles. The van der Waals surface area contributed by atoms with Gasteiger partial charge in [0.1, 0.15) is 5.82 Å². The number of fused-ring (bicyclic) bond motifs is 1. The van der Waals surface area contributed by atoms with Crippen molar-refractivity contribution >= 4 is 27.4 Å². The number of aliphatic hydroxyl groups excluding tert-OH is 1. The predicted octanol–water partition coefficient (Wildman–Crippen LogP) is 1.35. The van der Waals surface area contributed by atoms with Crippen LogP contribution in [0.3, 0.4) is 0 Å². The van der Waals surface area contributed by atoms with E-state index in [0.717, 1.165) is 28.8 Å². The van der Waals surface area contributed by atoms with Crippen LogP contribution in [-0.2, 0) is 21.2 Å². The molecule has 2 aromatic rings. The zero-order chi connectivity index (χ0) is 20.1. The Morgan fingerprint density at radius 3 is 2.71 bits per heavy atom. The average Bonchev–Trinajstić information content (AvgIpc) is 3.03. The van der Waals surface area contributed by atoms with Gasteiger partial charge in [0.05, 0.1) is 6.26 Å². The summed E-state index contributed by atoms with van der Waals surface area (Å²) in [5.41, 5.74) is 3.51. The minimum absolute atomic E-state index is 0.0380. The van der Waals surface area contributed by atoms with Gasteiger partial charge >= 0.3 is 0 Å². The number of pyridine rings is 1. The van der Waals surface area contributed by atoms with E-state index < -0.39 is 10.0 Å².